The number of carbonyl (C=O) groups excluding carboxylic acids is 1. The van der Waals surface area contributed by atoms with Gasteiger partial charge in [0.05, 0.1) is 24.2 Å². The van der Waals surface area contributed by atoms with E-state index in [0.29, 0.717) is 24.3 Å². The van der Waals surface area contributed by atoms with Gasteiger partial charge >= 0.3 is 0 Å². The van der Waals surface area contributed by atoms with Crippen LogP contribution >= 0.6 is 0 Å². The van der Waals surface area contributed by atoms with Gasteiger partial charge in [-0.25, -0.2) is 9.37 Å². The van der Waals surface area contributed by atoms with Crippen molar-refractivity contribution in [3.05, 3.63) is 53.5 Å². The summed E-state index contributed by atoms with van der Waals surface area (Å²) >= 11 is 0. The molecule has 0 bridgehead atoms. The molecule has 3 heterocycles. The maximum atomic E-state index is 14.9. The second kappa shape index (κ2) is 7.14. The average Bonchev–Trinajstić information content (AvgIpc) is 2.73. The Balaban J connectivity index is 1.75. The Hall–Kier alpha value is -3.51. The van der Waals surface area contributed by atoms with Crippen molar-refractivity contribution in [1.82, 2.24) is 15.2 Å². The van der Waals surface area contributed by atoms with Gasteiger partial charge in [-0.1, -0.05) is 0 Å². The average molecular weight is 395 g/mol. The zero-order chi connectivity index (χ0) is 20.6. The molecule has 2 fully saturated rings. The number of fused-ring (bicyclic) bond motifs is 1. The summed E-state index contributed by atoms with van der Waals surface area (Å²) < 4.78 is 26.2. The van der Waals surface area contributed by atoms with E-state index in [-0.39, 0.29) is 29.9 Å². The van der Waals surface area contributed by atoms with Crippen LogP contribution in [0.1, 0.15) is 17.5 Å². The van der Waals surface area contributed by atoms with E-state index in [4.69, 9.17) is 20.1 Å². The SMILES string of the molecule is CN1C(=N)N[C@@]2(c3cc(Oc4cc(C#N)ccn4)ccc3F)COCCC2C1=O. The molecule has 2 N–H and O–H groups in total. The number of nitriles is 1. The lowest BCUT2D eigenvalue weighted by molar-refractivity contribution is -0.143. The molecule has 2 saturated heterocycles. The van der Waals surface area contributed by atoms with Crippen LogP contribution in [0.2, 0.25) is 0 Å². The second-order valence-corrected chi connectivity index (χ2v) is 6.97. The number of hydrogen-bond acceptors (Lipinski definition) is 6. The first-order valence-corrected chi connectivity index (χ1v) is 9.01. The van der Waals surface area contributed by atoms with Crippen LogP contribution in [0.5, 0.6) is 11.6 Å². The molecule has 2 aliphatic rings. The number of amides is 1. The van der Waals surface area contributed by atoms with Crippen LogP contribution < -0.4 is 10.1 Å². The summed E-state index contributed by atoms with van der Waals surface area (Å²) in [4.78, 5) is 18.1. The first-order chi connectivity index (χ1) is 13.9. The van der Waals surface area contributed by atoms with Crippen molar-refractivity contribution < 1.29 is 18.7 Å². The highest BCUT2D eigenvalue weighted by molar-refractivity contribution is 6.00. The van der Waals surface area contributed by atoms with E-state index < -0.39 is 17.3 Å². The monoisotopic (exact) mass is 395 g/mol. The van der Waals surface area contributed by atoms with Crippen molar-refractivity contribution in [2.75, 3.05) is 20.3 Å². The number of hydrogen-bond donors (Lipinski definition) is 2. The molecule has 2 atom stereocenters. The number of rotatable bonds is 3. The zero-order valence-corrected chi connectivity index (χ0v) is 15.6. The molecule has 0 radical (unpaired) electrons. The van der Waals surface area contributed by atoms with Crippen LogP contribution in [0.25, 0.3) is 0 Å². The van der Waals surface area contributed by atoms with Gasteiger partial charge in [0.25, 0.3) is 0 Å². The highest BCUT2D eigenvalue weighted by atomic mass is 19.1. The molecule has 1 unspecified atom stereocenters. The van der Waals surface area contributed by atoms with Crippen molar-refractivity contribution in [1.29, 1.82) is 10.7 Å². The topological polar surface area (TPSA) is 111 Å². The quantitative estimate of drug-likeness (QED) is 0.823. The lowest BCUT2D eigenvalue weighted by Crippen LogP contribution is -2.68. The summed E-state index contributed by atoms with van der Waals surface area (Å²) in [6.45, 7) is 0.422. The molecule has 8 nitrogen and oxygen atoms in total. The molecule has 2 aromatic rings. The molecule has 1 aromatic carbocycles. The van der Waals surface area contributed by atoms with Crippen molar-refractivity contribution in [2.24, 2.45) is 5.92 Å². The Morgan fingerprint density at radius 1 is 1.45 bits per heavy atom. The molecular weight excluding hydrogens is 377 g/mol. The minimum Gasteiger partial charge on any atom is -0.439 e. The summed E-state index contributed by atoms with van der Waals surface area (Å²) in [5.41, 5.74) is -0.639. The van der Waals surface area contributed by atoms with Gasteiger partial charge in [0, 0.05) is 31.5 Å². The van der Waals surface area contributed by atoms with E-state index in [9.17, 15) is 9.18 Å². The second-order valence-electron chi connectivity index (χ2n) is 6.97. The fourth-order valence-corrected chi connectivity index (χ4v) is 3.78. The minimum atomic E-state index is -1.20. The Morgan fingerprint density at radius 2 is 2.28 bits per heavy atom. The van der Waals surface area contributed by atoms with E-state index in [1.807, 2.05) is 6.07 Å². The molecule has 0 aliphatic carbocycles. The molecule has 4 rings (SSSR count). The third-order valence-electron chi connectivity index (χ3n) is 5.29. The standard InChI is InChI=1S/C20H18FN5O3/c1-26-18(27)14-5-7-28-11-20(14,25-19(26)23)15-9-13(2-3-16(15)21)29-17-8-12(10-22)4-6-24-17/h2-4,6,8-9,14H,5,7,11H2,1H3,(H2,23,25)/t14?,20-/m0/s1. The summed E-state index contributed by atoms with van der Waals surface area (Å²) in [6.07, 6.45) is 1.85. The number of benzene rings is 1. The van der Waals surface area contributed by atoms with Crippen LogP contribution in [-0.4, -0.2) is 42.0 Å². The van der Waals surface area contributed by atoms with Crippen molar-refractivity contribution in [3.8, 4) is 17.7 Å². The normalized spacial score (nSPS) is 23.8. The van der Waals surface area contributed by atoms with Crippen molar-refractivity contribution in [3.63, 3.8) is 0 Å². The number of aromatic nitrogens is 1. The van der Waals surface area contributed by atoms with Crippen LogP contribution in [0.15, 0.2) is 36.5 Å². The number of nitrogens with one attached hydrogen (secondary N) is 2. The summed E-state index contributed by atoms with van der Waals surface area (Å²) in [7, 11) is 1.51. The van der Waals surface area contributed by atoms with Crippen LogP contribution in [0, 0.1) is 28.5 Å². The molecule has 2 aliphatic heterocycles. The maximum absolute atomic E-state index is 14.9. The van der Waals surface area contributed by atoms with Gasteiger partial charge in [-0.2, -0.15) is 5.26 Å². The highest BCUT2D eigenvalue weighted by Gasteiger charge is 2.53. The zero-order valence-electron chi connectivity index (χ0n) is 15.6. The molecule has 0 saturated carbocycles. The number of ether oxygens (including phenoxy) is 2. The number of pyridine rings is 1. The van der Waals surface area contributed by atoms with Crippen LogP contribution in [-0.2, 0) is 15.1 Å². The summed E-state index contributed by atoms with van der Waals surface area (Å²) in [5.74, 6) is -1.01. The van der Waals surface area contributed by atoms with Gasteiger partial charge in [-0.15, -0.1) is 0 Å². The number of carbonyl (C=O) groups is 1. The number of guanidine groups is 1. The van der Waals surface area contributed by atoms with Gasteiger partial charge in [0.15, 0.2) is 5.96 Å². The van der Waals surface area contributed by atoms with Gasteiger partial charge in [-0.05, 0) is 30.7 Å². The largest absolute Gasteiger partial charge is 0.439 e. The lowest BCUT2D eigenvalue weighted by atomic mass is 9.73. The lowest BCUT2D eigenvalue weighted by Gasteiger charge is -2.49. The van der Waals surface area contributed by atoms with Gasteiger partial charge in [-0.3, -0.25) is 15.1 Å². The molecule has 29 heavy (non-hydrogen) atoms. The first-order valence-electron chi connectivity index (χ1n) is 9.01. The minimum absolute atomic E-state index is 0.0438. The third kappa shape index (κ3) is 3.17. The molecule has 1 amide bonds. The summed E-state index contributed by atoms with van der Waals surface area (Å²) in [5, 5.41) is 20.1. The molecule has 0 spiro atoms. The fraction of sp³-hybridized carbons (Fsp3) is 0.300. The van der Waals surface area contributed by atoms with E-state index in [1.54, 1.807) is 6.07 Å². The van der Waals surface area contributed by atoms with Crippen LogP contribution in [0.4, 0.5) is 4.39 Å². The van der Waals surface area contributed by atoms with E-state index in [1.165, 1.54) is 42.4 Å². The van der Waals surface area contributed by atoms with E-state index >= 15 is 0 Å². The summed E-state index contributed by atoms with van der Waals surface area (Å²) in [6, 6.07) is 9.19. The molecule has 1 aromatic heterocycles. The van der Waals surface area contributed by atoms with E-state index in [2.05, 4.69) is 10.3 Å². The number of halogens is 1. The number of nitrogens with zero attached hydrogens (tertiary/aromatic N) is 3. The smallest absolute Gasteiger partial charge is 0.235 e. The van der Waals surface area contributed by atoms with Crippen molar-refractivity contribution in [2.45, 2.75) is 12.0 Å². The molecular formula is C20H18FN5O3. The molecule has 148 valence electrons. The third-order valence-corrected chi connectivity index (χ3v) is 5.29. The van der Waals surface area contributed by atoms with Gasteiger partial charge in [0.1, 0.15) is 17.1 Å². The Labute approximate surface area is 166 Å². The van der Waals surface area contributed by atoms with Crippen molar-refractivity contribution >= 4 is 11.9 Å². The Bertz CT molecular complexity index is 1040. The maximum Gasteiger partial charge on any atom is 0.235 e. The fourth-order valence-electron chi connectivity index (χ4n) is 3.78. The predicted octanol–water partition coefficient (Wildman–Crippen LogP) is 2.11. The van der Waals surface area contributed by atoms with E-state index in [0.717, 1.165) is 0 Å². The highest BCUT2D eigenvalue weighted by Crippen LogP contribution is 2.41. The van der Waals surface area contributed by atoms with Gasteiger partial charge < -0.3 is 14.8 Å². The van der Waals surface area contributed by atoms with Crippen LogP contribution in [0.3, 0.4) is 0 Å². The predicted molar refractivity (Wildman–Crippen MR) is 99.7 cm³/mol. The van der Waals surface area contributed by atoms with Gasteiger partial charge in [0.2, 0.25) is 11.8 Å². The first kappa shape index (κ1) is 18.8. The Kier molecular flexibility index (Phi) is 4.64. The Morgan fingerprint density at radius 3 is 3.07 bits per heavy atom. The molecule has 9 heteroatoms.